The maximum Gasteiger partial charge on any atom is 0.0545 e. The Labute approximate surface area is 98.7 Å². The molecule has 16 heavy (non-hydrogen) atoms. The highest BCUT2D eigenvalue weighted by Gasteiger charge is 2.00. The van der Waals surface area contributed by atoms with Gasteiger partial charge in [0.2, 0.25) is 0 Å². The van der Waals surface area contributed by atoms with E-state index in [1.165, 1.54) is 0 Å². The van der Waals surface area contributed by atoms with Crippen molar-refractivity contribution in [3.63, 3.8) is 0 Å². The SMILES string of the molecule is CC(C)NCc1cccc(CNC(C)C)n1. The molecule has 3 heteroatoms. The number of hydrogen-bond donors (Lipinski definition) is 2. The summed E-state index contributed by atoms with van der Waals surface area (Å²) in [6, 6.07) is 7.20. The molecule has 0 amide bonds. The van der Waals surface area contributed by atoms with Crippen molar-refractivity contribution in [2.24, 2.45) is 0 Å². The summed E-state index contributed by atoms with van der Waals surface area (Å²) in [6.07, 6.45) is 0. The van der Waals surface area contributed by atoms with Crippen LogP contribution in [0.3, 0.4) is 0 Å². The summed E-state index contributed by atoms with van der Waals surface area (Å²) in [4.78, 5) is 4.59. The van der Waals surface area contributed by atoms with Gasteiger partial charge in [-0.2, -0.15) is 0 Å². The molecule has 1 rings (SSSR count). The van der Waals surface area contributed by atoms with Crippen molar-refractivity contribution in [2.75, 3.05) is 0 Å². The Morgan fingerprint density at radius 3 is 1.75 bits per heavy atom. The van der Waals surface area contributed by atoms with Gasteiger partial charge in [0.25, 0.3) is 0 Å². The Morgan fingerprint density at radius 2 is 1.38 bits per heavy atom. The van der Waals surface area contributed by atoms with Crippen LogP contribution in [0.1, 0.15) is 39.1 Å². The summed E-state index contributed by atoms with van der Waals surface area (Å²) < 4.78 is 0. The molecular weight excluding hydrogens is 198 g/mol. The predicted molar refractivity (Wildman–Crippen MR) is 68.2 cm³/mol. The Balaban J connectivity index is 2.50. The Morgan fingerprint density at radius 1 is 0.938 bits per heavy atom. The largest absolute Gasteiger partial charge is 0.309 e. The number of pyridine rings is 1. The summed E-state index contributed by atoms with van der Waals surface area (Å²) in [5, 5.41) is 6.74. The lowest BCUT2D eigenvalue weighted by Gasteiger charge is -2.10. The molecule has 1 aromatic heterocycles. The van der Waals surface area contributed by atoms with E-state index < -0.39 is 0 Å². The smallest absolute Gasteiger partial charge is 0.0545 e. The number of rotatable bonds is 6. The summed E-state index contributed by atoms with van der Waals surface area (Å²) >= 11 is 0. The Hall–Kier alpha value is -0.930. The van der Waals surface area contributed by atoms with E-state index in [4.69, 9.17) is 0 Å². The second-order valence-electron chi connectivity index (χ2n) is 4.69. The zero-order valence-corrected chi connectivity index (χ0v) is 10.7. The molecule has 3 nitrogen and oxygen atoms in total. The minimum absolute atomic E-state index is 0.499. The first-order chi connectivity index (χ1) is 7.58. The van der Waals surface area contributed by atoms with E-state index in [1.807, 2.05) is 0 Å². The van der Waals surface area contributed by atoms with E-state index in [-0.39, 0.29) is 0 Å². The van der Waals surface area contributed by atoms with Crippen LogP contribution in [0.25, 0.3) is 0 Å². The quantitative estimate of drug-likeness (QED) is 0.772. The van der Waals surface area contributed by atoms with E-state index in [0.29, 0.717) is 12.1 Å². The molecule has 2 N–H and O–H groups in total. The van der Waals surface area contributed by atoms with E-state index in [2.05, 4.69) is 61.5 Å². The minimum atomic E-state index is 0.499. The zero-order chi connectivity index (χ0) is 12.0. The van der Waals surface area contributed by atoms with Gasteiger partial charge in [-0.25, -0.2) is 0 Å². The fourth-order valence-electron chi connectivity index (χ4n) is 1.34. The van der Waals surface area contributed by atoms with Gasteiger partial charge in [-0.1, -0.05) is 33.8 Å². The van der Waals surface area contributed by atoms with Crippen LogP contribution in [0.5, 0.6) is 0 Å². The summed E-state index contributed by atoms with van der Waals surface area (Å²) in [7, 11) is 0. The molecule has 0 spiro atoms. The van der Waals surface area contributed by atoms with Gasteiger partial charge in [0, 0.05) is 25.2 Å². The number of nitrogens with one attached hydrogen (secondary N) is 2. The second kappa shape index (κ2) is 6.61. The Kier molecular flexibility index (Phi) is 5.43. The molecule has 0 saturated heterocycles. The van der Waals surface area contributed by atoms with E-state index >= 15 is 0 Å². The first-order valence-corrected chi connectivity index (χ1v) is 5.99. The molecule has 0 bridgehead atoms. The molecule has 0 unspecified atom stereocenters. The summed E-state index contributed by atoms with van der Waals surface area (Å²) in [5.41, 5.74) is 2.22. The van der Waals surface area contributed by atoms with Crippen LogP contribution in [0.4, 0.5) is 0 Å². The highest BCUT2D eigenvalue weighted by atomic mass is 14.9. The third-order valence-electron chi connectivity index (χ3n) is 2.25. The lowest BCUT2D eigenvalue weighted by Crippen LogP contribution is -2.24. The topological polar surface area (TPSA) is 37.0 Å². The molecule has 0 saturated carbocycles. The van der Waals surface area contributed by atoms with Crippen molar-refractivity contribution in [1.82, 2.24) is 15.6 Å². The third-order valence-corrected chi connectivity index (χ3v) is 2.25. The molecule has 0 fully saturated rings. The molecule has 0 aliphatic heterocycles. The van der Waals surface area contributed by atoms with Gasteiger partial charge in [0.05, 0.1) is 11.4 Å². The number of hydrogen-bond acceptors (Lipinski definition) is 3. The first kappa shape index (κ1) is 13.1. The average Bonchev–Trinajstić information content (AvgIpc) is 2.24. The van der Waals surface area contributed by atoms with E-state index in [9.17, 15) is 0 Å². The molecular formula is C13H23N3. The predicted octanol–water partition coefficient (Wildman–Crippen LogP) is 2.08. The van der Waals surface area contributed by atoms with Gasteiger partial charge in [-0.15, -0.1) is 0 Å². The Bertz CT molecular complexity index is 281. The molecule has 0 aliphatic rings. The molecule has 0 aliphatic carbocycles. The summed E-state index contributed by atoms with van der Waals surface area (Å²) in [5.74, 6) is 0. The van der Waals surface area contributed by atoms with Crippen LogP contribution in [0, 0.1) is 0 Å². The van der Waals surface area contributed by atoms with Crippen LogP contribution in [-0.2, 0) is 13.1 Å². The lowest BCUT2D eigenvalue weighted by molar-refractivity contribution is 0.567. The highest BCUT2D eigenvalue weighted by Crippen LogP contribution is 2.00. The summed E-state index contributed by atoms with van der Waals surface area (Å²) in [6.45, 7) is 10.3. The molecule has 1 heterocycles. The van der Waals surface area contributed by atoms with Crippen molar-refractivity contribution < 1.29 is 0 Å². The van der Waals surface area contributed by atoms with Crippen LogP contribution < -0.4 is 10.6 Å². The molecule has 90 valence electrons. The van der Waals surface area contributed by atoms with E-state index in [1.54, 1.807) is 0 Å². The van der Waals surface area contributed by atoms with Gasteiger partial charge >= 0.3 is 0 Å². The van der Waals surface area contributed by atoms with Crippen molar-refractivity contribution in [3.05, 3.63) is 29.6 Å². The normalized spacial score (nSPS) is 11.4. The molecule has 0 aromatic carbocycles. The molecule has 1 aromatic rings. The van der Waals surface area contributed by atoms with Crippen LogP contribution in [-0.4, -0.2) is 17.1 Å². The number of aromatic nitrogens is 1. The van der Waals surface area contributed by atoms with Crippen LogP contribution in [0.2, 0.25) is 0 Å². The van der Waals surface area contributed by atoms with Crippen LogP contribution in [0.15, 0.2) is 18.2 Å². The number of nitrogens with zero attached hydrogens (tertiary/aromatic N) is 1. The lowest BCUT2D eigenvalue weighted by atomic mass is 10.2. The van der Waals surface area contributed by atoms with Crippen LogP contribution >= 0.6 is 0 Å². The van der Waals surface area contributed by atoms with Gasteiger partial charge < -0.3 is 10.6 Å². The molecule has 0 radical (unpaired) electrons. The third kappa shape index (κ3) is 5.24. The second-order valence-corrected chi connectivity index (χ2v) is 4.69. The van der Waals surface area contributed by atoms with Crippen molar-refractivity contribution in [3.8, 4) is 0 Å². The van der Waals surface area contributed by atoms with Crippen molar-refractivity contribution in [2.45, 2.75) is 52.9 Å². The minimum Gasteiger partial charge on any atom is -0.309 e. The maximum absolute atomic E-state index is 4.59. The van der Waals surface area contributed by atoms with Gasteiger partial charge in [0.15, 0.2) is 0 Å². The van der Waals surface area contributed by atoms with Gasteiger partial charge in [-0.05, 0) is 12.1 Å². The fourth-order valence-corrected chi connectivity index (χ4v) is 1.34. The monoisotopic (exact) mass is 221 g/mol. The van der Waals surface area contributed by atoms with Gasteiger partial charge in [-0.3, -0.25) is 4.98 Å². The highest BCUT2D eigenvalue weighted by molar-refractivity contribution is 5.11. The maximum atomic E-state index is 4.59. The zero-order valence-electron chi connectivity index (χ0n) is 10.7. The van der Waals surface area contributed by atoms with Crippen molar-refractivity contribution >= 4 is 0 Å². The van der Waals surface area contributed by atoms with Crippen molar-refractivity contribution in [1.29, 1.82) is 0 Å². The molecule has 0 atom stereocenters. The first-order valence-electron chi connectivity index (χ1n) is 5.99. The standard InChI is InChI=1S/C13H23N3/c1-10(2)14-8-12-6-5-7-13(16-12)9-15-11(3)4/h5-7,10-11,14-15H,8-9H2,1-4H3. The van der Waals surface area contributed by atoms with Gasteiger partial charge in [0.1, 0.15) is 0 Å². The average molecular weight is 221 g/mol. The fraction of sp³-hybridized carbons (Fsp3) is 0.615. The van der Waals surface area contributed by atoms with E-state index in [0.717, 1.165) is 24.5 Å².